The Morgan fingerprint density at radius 3 is 0.866 bits per heavy atom. The van der Waals surface area contributed by atoms with Gasteiger partial charge < -0.3 is 20.3 Å². The molecule has 0 aromatic carbocycles. The van der Waals surface area contributed by atoms with Gasteiger partial charge in [-0.2, -0.15) is 0 Å². The van der Waals surface area contributed by atoms with Gasteiger partial charge in [0, 0.05) is 12.8 Å². The Morgan fingerprint density at radius 1 is 0.329 bits per heavy atom. The number of carbonyl (C=O) groups excluding carboxylic acids is 2. The normalized spacial score (nSPS) is 12.6. The van der Waals surface area contributed by atoms with Crippen molar-refractivity contribution in [2.45, 2.75) is 437 Å². The molecule has 0 bridgehead atoms. The van der Waals surface area contributed by atoms with Crippen LogP contribution in [0.25, 0.3) is 0 Å². The third-order valence-corrected chi connectivity index (χ3v) is 17.7. The second-order valence-electron chi connectivity index (χ2n) is 26.0. The van der Waals surface area contributed by atoms with Crippen LogP contribution in [0.4, 0.5) is 0 Å². The van der Waals surface area contributed by atoms with Crippen LogP contribution in [0.3, 0.4) is 0 Å². The van der Waals surface area contributed by atoms with Crippen LogP contribution in [0.1, 0.15) is 425 Å². The van der Waals surface area contributed by atoms with Crippen molar-refractivity contribution >= 4 is 11.9 Å². The molecule has 0 rings (SSSR count). The fourth-order valence-electron chi connectivity index (χ4n) is 12.0. The molecule has 0 spiro atoms. The number of carbonyl (C=O) groups is 2. The van der Waals surface area contributed by atoms with Crippen molar-refractivity contribution in [3.8, 4) is 0 Å². The average Bonchev–Trinajstić information content (AvgIpc) is 3.48. The molecule has 2 atom stereocenters. The number of hydrogen-bond donors (Lipinski definition) is 3. The third kappa shape index (κ3) is 67.5. The van der Waals surface area contributed by atoms with Crippen molar-refractivity contribution in [2.24, 2.45) is 0 Å². The summed E-state index contributed by atoms with van der Waals surface area (Å²) in [6.45, 7) is 4.95. The molecular formula is C76H147NO5. The summed E-state index contributed by atoms with van der Waals surface area (Å²) < 4.78 is 5.49. The van der Waals surface area contributed by atoms with Gasteiger partial charge in [-0.3, -0.25) is 9.59 Å². The van der Waals surface area contributed by atoms with Crippen LogP contribution in [0, 0.1) is 0 Å². The van der Waals surface area contributed by atoms with E-state index in [9.17, 15) is 19.8 Å². The molecule has 0 aliphatic rings. The maximum Gasteiger partial charge on any atom is 0.305 e. The van der Waals surface area contributed by atoms with Gasteiger partial charge in [0.1, 0.15) is 0 Å². The van der Waals surface area contributed by atoms with E-state index in [1.165, 1.54) is 360 Å². The molecule has 6 heteroatoms. The Bertz CT molecular complexity index is 1280. The largest absolute Gasteiger partial charge is 0.466 e. The average molecular weight is 1160 g/mol. The molecule has 486 valence electrons. The highest BCUT2D eigenvalue weighted by atomic mass is 16.5. The first-order valence-electron chi connectivity index (χ1n) is 37.6. The zero-order valence-corrected chi connectivity index (χ0v) is 55.8. The number of aliphatic hydroxyl groups excluding tert-OH is 2. The number of nitrogens with one attached hydrogen (secondary N) is 1. The predicted molar refractivity (Wildman–Crippen MR) is 361 cm³/mol. The summed E-state index contributed by atoms with van der Waals surface area (Å²) in [5, 5.41) is 23.3. The summed E-state index contributed by atoms with van der Waals surface area (Å²) in [7, 11) is 0. The summed E-state index contributed by atoms with van der Waals surface area (Å²) in [6, 6.07) is -0.631. The number of unbranched alkanes of at least 4 members (excludes halogenated alkanes) is 58. The van der Waals surface area contributed by atoms with Crippen LogP contribution in [0.2, 0.25) is 0 Å². The van der Waals surface area contributed by atoms with Crippen LogP contribution < -0.4 is 5.32 Å². The van der Waals surface area contributed by atoms with Crippen LogP contribution in [0.15, 0.2) is 24.3 Å². The quantitative estimate of drug-likeness (QED) is 0.0320. The first kappa shape index (κ1) is 80.3. The van der Waals surface area contributed by atoms with Crippen LogP contribution in [-0.4, -0.2) is 47.4 Å². The SMILES string of the molecule is CCCCCCCCCCCCCCCCCCCCCCCCC/C=C/C(O)C(CO)NC(=O)CCCCCCCCCCCC/C=C\CCCCCCCCCCCCCCOC(=O)CCCCCCCCCCCCCCCC. The molecule has 2 unspecified atom stereocenters. The standard InChI is InChI=1S/C76H147NO5/c1-3-5-7-9-11-13-15-17-19-20-21-22-23-26-29-32-35-38-41-44-48-52-56-60-64-68-74(79)73(72-78)77-75(80)69-65-61-57-53-49-45-42-39-36-33-30-27-24-25-28-31-34-37-40-43-47-51-55-59-63-67-71-82-76(81)70-66-62-58-54-50-46-18-16-14-12-10-8-6-4-2/h24,27,64,68,73-74,78-79H,3-23,25-26,28-63,65-67,69-72H2,1-2H3,(H,77,80)/b27-24-,68-64+. The molecule has 6 nitrogen and oxygen atoms in total. The lowest BCUT2D eigenvalue weighted by molar-refractivity contribution is -0.143. The van der Waals surface area contributed by atoms with Gasteiger partial charge in [0.15, 0.2) is 0 Å². The van der Waals surface area contributed by atoms with Crippen molar-refractivity contribution in [2.75, 3.05) is 13.2 Å². The zero-order valence-electron chi connectivity index (χ0n) is 55.8. The number of ether oxygens (including phenoxy) is 1. The van der Waals surface area contributed by atoms with Gasteiger partial charge in [0.25, 0.3) is 0 Å². The summed E-state index contributed by atoms with van der Waals surface area (Å²) >= 11 is 0. The topological polar surface area (TPSA) is 95.9 Å². The van der Waals surface area contributed by atoms with Crippen molar-refractivity contribution in [3.63, 3.8) is 0 Å². The highest BCUT2D eigenvalue weighted by Crippen LogP contribution is 2.19. The summed E-state index contributed by atoms with van der Waals surface area (Å²) in [5.74, 6) is -0.0477. The van der Waals surface area contributed by atoms with Gasteiger partial charge in [0.05, 0.1) is 25.4 Å². The number of rotatable bonds is 71. The fraction of sp³-hybridized carbons (Fsp3) is 0.921. The van der Waals surface area contributed by atoms with Crippen molar-refractivity contribution < 1.29 is 24.5 Å². The number of esters is 1. The fourth-order valence-corrected chi connectivity index (χ4v) is 12.0. The van der Waals surface area contributed by atoms with E-state index in [4.69, 9.17) is 4.74 Å². The first-order valence-corrected chi connectivity index (χ1v) is 37.6. The van der Waals surface area contributed by atoms with E-state index in [0.717, 1.165) is 38.5 Å². The van der Waals surface area contributed by atoms with Gasteiger partial charge in [-0.15, -0.1) is 0 Å². The molecule has 0 fully saturated rings. The number of hydrogen-bond acceptors (Lipinski definition) is 5. The van der Waals surface area contributed by atoms with Crippen LogP contribution in [0.5, 0.6) is 0 Å². The second-order valence-corrected chi connectivity index (χ2v) is 26.0. The third-order valence-electron chi connectivity index (χ3n) is 17.7. The molecule has 0 aliphatic heterocycles. The molecule has 0 heterocycles. The zero-order chi connectivity index (χ0) is 59.2. The van der Waals surface area contributed by atoms with E-state index >= 15 is 0 Å². The molecule has 0 radical (unpaired) electrons. The smallest absolute Gasteiger partial charge is 0.305 e. The lowest BCUT2D eigenvalue weighted by Crippen LogP contribution is -2.45. The Kier molecular flexibility index (Phi) is 70.4. The second kappa shape index (κ2) is 71.8. The maximum atomic E-state index is 12.5. The monoisotopic (exact) mass is 1150 g/mol. The molecule has 0 saturated heterocycles. The summed E-state index contributed by atoms with van der Waals surface area (Å²) in [6.07, 6.45) is 91.3. The Morgan fingerprint density at radius 2 is 0.573 bits per heavy atom. The highest BCUT2D eigenvalue weighted by Gasteiger charge is 2.18. The van der Waals surface area contributed by atoms with E-state index in [1.807, 2.05) is 6.08 Å². The summed E-state index contributed by atoms with van der Waals surface area (Å²) in [4.78, 5) is 24.6. The van der Waals surface area contributed by atoms with Gasteiger partial charge in [-0.25, -0.2) is 0 Å². The van der Waals surface area contributed by atoms with Gasteiger partial charge in [-0.1, -0.05) is 378 Å². The molecular weight excluding hydrogens is 1010 g/mol. The van der Waals surface area contributed by atoms with Crippen molar-refractivity contribution in [3.05, 3.63) is 24.3 Å². The first-order chi connectivity index (χ1) is 40.5. The van der Waals surface area contributed by atoms with E-state index in [2.05, 4.69) is 31.3 Å². The Balaban J connectivity index is 3.41. The lowest BCUT2D eigenvalue weighted by atomic mass is 10.0. The minimum Gasteiger partial charge on any atom is -0.466 e. The van der Waals surface area contributed by atoms with Crippen LogP contribution >= 0.6 is 0 Å². The summed E-state index contributed by atoms with van der Waals surface area (Å²) in [5.41, 5.74) is 0. The van der Waals surface area contributed by atoms with Gasteiger partial charge in [0.2, 0.25) is 5.91 Å². The number of aliphatic hydroxyl groups is 2. The highest BCUT2D eigenvalue weighted by molar-refractivity contribution is 5.76. The van der Waals surface area contributed by atoms with Crippen molar-refractivity contribution in [1.29, 1.82) is 0 Å². The maximum absolute atomic E-state index is 12.5. The van der Waals surface area contributed by atoms with E-state index in [1.54, 1.807) is 6.08 Å². The minimum atomic E-state index is -0.847. The number of allylic oxidation sites excluding steroid dienone is 3. The van der Waals surface area contributed by atoms with Crippen LogP contribution in [-0.2, 0) is 14.3 Å². The molecule has 3 N–H and O–H groups in total. The van der Waals surface area contributed by atoms with Crippen molar-refractivity contribution in [1.82, 2.24) is 5.32 Å². The minimum absolute atomic E-state index is 0.0172. The van der Waals surface area contributed by atoms with E-state index in [-0.39, 0.29) is 18.5 Å². The van der Waals surface area contributed by atoms with E-state index in [0.29, 0.717) is 19.4 Å². The molecule has 0 aromatic rings. The number of amides is 1. The van der Waals surface area contributed by atoms with Gasteiger partial charge in [-0.05, 0) is 57.8 Å². The van der Waals surface area contributed by atoms with Gasteiger partial charge >= 0.3 is 5.97 Å². The molecule has 1 amide bonds. The predicted octanol–water partition coefficient (Wildman–Crippen LogP) is 24.5. The Hall–Kier alpha value is -1.66. The molecule has 82 heavy (non-hydrogen) atoms. The molecule has 0 saturated carbocycles. The Labute approximate surface area is 513 Å². The molecule has 0 aromatic heterocycles. The lowest BCUT2D eigenvalue weighted by Gasteiger charge is -2.20. The molecule has 0 aliphatic carbocycles. The van der Waals surface area contributed by atoms with E-state index < -0.39 is 12.1 Å².